The molecule has 20 heavy (non-hydrogen) atoms. The first-order valence-electron chi connectivity index (χ1n) is 7.44. The van der Waals surface area contributed by atoms with Gasteiger partial charge >= 0.3 is 0 Å². The van der Waals surface area contributed by atoms with E-state index in [1.165, 1.54) is 22.3 Å². The smallest absolute Gasteiger partial charge is 0.123 e. The zero-order valence-electron chi connectivity index (χ0n) is 12.0. The van der Waals surface area contributed by atoms with Crippen LogP contribution in [0.4, 0.5) is 0 Å². The summed E-state index contributed by atoms with van der Waals surface area (Å²) in [6.45, 7) is 4.95. The van der Waals surface area contributed by atoms with Gasteiger partial charge in [-0.1, -0.05) is 43.3 Å². The second kappa shape index (κ2) is 6.10. The molecule has 0 bridgehead atoms. The molecule has 0 heterocycles. The minimum Gasteiger partial charge on any atom is -0.493 e. The number of nitrogens with one attached hydrogen (secondary N) is 1. The van der Waals surface area contributed by atoms with Crippen LogP contribution >= 0.6 is 0 Å². The fourth-order valence-corrected chi connectivity index (χ4v) is 2.82. The molecular formula is C18H21NO. The topological polar surface area (TPSA) is 21.3 Å². The lowest BCUT2D eigenvalue weighted by Gasteiger charge is -2.11. The normalized spacial score (nSPS) is 12.1. The lowest BCUT2D eigenvalue weighted by atomic mass is 10.1. The van der Waals surface area contributed by atoms with Crippen LogP contribution in [0, 0.1) is 0 Å². The Morgan fingerprint density at radius 2 is 1.90 bits per heavy atom. The van der Waals surface area contributed by atoms with E-state index in [0.717, 1.165) is 38.3 Å². The van der Waals surface area contributed by atoms with Crippen LogP contribution in [0.5, 0.6) is 5.75 Å². The van der Waals surface area contributed by atoms with Crippen LogP contribution in [-0.2, 0) is 6.42 Å². The molecule has 1 aliphatic carbocycles. The van der Waals surface area contributed by atoms with Crippen LogP contribution in [-0.4, -0.2) is 19.7 Å². The summed E-state index contributed by atoms with van der Waals surface area (Å²) in [4.78, 5) is 0. The Bertz CT molecular complexity index is 592. The van der Waals surface area contributed by atoms with Gasteiger partial charge in [0.1, 0.15) is 5.75 Å². The van der Waals surface area contributed by atoms with Crippen molar-refractivity contribution in [3.8, 4) is 16.9 Å². The van der Waals surface area contributed by atoms with Gasteiger partial charge in [0.05, 0.1) is 6.61 Å². The van der Waals surface area contributed by atoms with Crippen LogP contribution in [0.1, 0.15) is 24.5 Å². The lowest BCUT2D eigenvalue weighted by Crippen LogP contribution is -2.16. The van der Waals surface area contributed by atoms with Crippen LogP contribution in [0.15, 0.2) is 42.5 Å². The third kappa shape index (κ3) is 2.56. The Morgan fingerprint density at radius 3 is 2.80 bits per heavy atom. The maximum atomic E-state index is 5.99. The summed E-state index contributed by atoms with van der Waals surface area (Å²) in [5.41, 5.74) is 5.45. The molecule has 0 fully saturated rings. The summed E-state index contributed by atoms with van der Waals surface area (Å²) in [7, 11) is 0. The molecule has 2 heteroatoms. The Labute approximate surface area is 120 Å². The fraction of sp³-hybridized carbons (Fsp3) is 0.333. The van der Waals surface area contributed by atoms with Crippen molar-refractivity contribution in [3.05, 3.63) is 53.6 Å². The van der Waals surface area contributed by atoms with Crippen LogP contribution in [0.2, 0.25) is 0 Å². The molecule has 1 aliphatic rings. The SMILES string of the molecule is CCNCCCOc1cccc2c1Cc1ccccc1-2. The molecule has 2 nitrogen and oxygen atoms in total. The molecular weight excluding hydrogens is 246 g/mol. The number of hydrogen-bond acceptors (Lipinski definition) is 2. The van der Waals surface area contributed by atoms with Gasteiger partial charge in [-0.15, -0.1) is 0 Å². The van der Waals surface area contributed by atoms with E-state index in [0.29, 0.717) is 0 Å². The Kier molecular flexibility index (Phi) is 4.03. The van der Waals surface area contributed by atoms with Gasteiger partial charge < -0.3 is 10.1 Å². The van der Waals surface area contributed by atoms with E-state index < -0.39 is 0 Å². The fourth-order valence-electron chi connectivity index (χ4n) is 2.82. The van der Waals surface area contributed by atoms with Crippen molar-refractivity contribution in [2.45, 2.75) is 19.8 Å². The van der Waals surface area contributed by atoms with Gasteiger partial charge in [-0.3, -0.25) is 0 Å². The molecule has 0 amide bonds. The van der Waals surface area contributed by atoms with Gasteiger partial charge in [-0.2, -0.15) is 0 Å². The highest BCUT2D eigenvalue weighted by Gasteiger charge is 2.20. The van der Waals surface area contributed by atoms with Gasteiger partial charge in [0.25, 0.3) is 0 Å². The van der Waals surface area contributed by atoms with Gasteiger partial charge in [-0.05, 0) is 42.3 Å². The molecule has 0 saturated heterocycles. The second-order valence-electron chi connectivity index (χ2n) is 5.17. The summed E-state index contributed by atoms with van der Waals surface area (Å²) < 4.78 is 5.99. The average molecular weight is 267 g/mol. The second-order valence-corrected chi connectivity index (χ2v) is 5.17. The van der Waals surface area contributed by atoms with Gasteiger partial charge in [0, 0.05) is 12.0 Å². The van der Waals surface area contributed by atoms with Gasteiger partial charge in [-0.25, -0.2) is 0 Å². The van der Waals surface area contributed by atoms with Gasteiger partial charge in [0.2, 0.25) is 0 Å². The number of ether oxygens (including phenoxy) is 1. The maximum absolute atomic E-state index is 5.99. The number of benzene rings is 2. The predicted octanol–water partition coefficient (Wildman–Crippen LogP) is 3.64. The molecule has 0 aromatic heterocycles. The monoisotopic (exact) mass is 267 g/mol. The Hall–Kier alpha value is -1.80. The molecule has 2 aromatic rings. The summed E-state index contributed by atoms with van der Waals surface area (Å²) >= 11 is 0. The molecule has 0 aliphatic heterocycles. The number of hydrogen-bond donors (Lipinski definition) is 1. The van der Waals surface area contributed by atoms with E-state index in [4.69, 9.17) is 4.74 Å². The third-order valence-corrected chi connectivity index (χ3v) is 3.81. The maximum Gasteiger partial charge on any atom is 0.123 e. The lowest BCUT2D eigenvalue weighted by molar-refractivity contribution is 0.306. The largest absolute Gasteiger partial charge is 0.493 e. The standard InChI is InChI=1S/C18H21NO/c1-2-19-11-6-12-20-18-10-5-9-16-15-8-4-3-7-14(15)13-17(16)18/h3-5,7-10,19H,2,6,11-13H2,1H3. The number of rotatable bonds is 6. The Morgan fingerprint density at radius 1 is 1.05 bits per heavy atom. The molecule has 0 unspecified atom stereocenters. The zero-order chi connectivity index (χ0) is 13.8. The van der Waals surface area contributed by atoms with Crippen molar-refractivity contribution >= 4 is 0 Å². The number of fused-ring (bicyclic) bond motifs is 3. The van der Waals surface area contributed by atoms with Crippen molar-refractivity contribution in [1.29, 1.82) is 0 Å². The van der Waals surface area contributed by atoms with E-state index in [2.05, 4.69) is 54.7 Å². The van der Waals surface area contributed by atoms with Crippen molar-refractivity contribution in [1.82, 2.24) is 5.32 Å². The van der Waals surface area contributed by atoms with Crippen molar-refractivity contribution in [3.63, 3.8) is 0 Å². The van der Waals surface area contributed by atoms with Gasteiger partial charge in [0.15, 0.2) is 0 Å². The van der Waals surface area contributed by atoms with Crippen LogP contribution in [0.3, 0.4) is 0 Å². The van der Waals surface area contributed by atoms with E-state index >= 15 is 0 Å². The van der Waals surface area contributed by atoms with E-state index in [9.17, 15) is 0 Å². The average Bonchev–Trinajstić information content (AvgIpc) is 2.87. The Balaban J connectivity index is 1.73. The molecule has 104 valence electrons. The molecule has 0 atom stereocenters. The summed E-state index contributed by atoms with van der Waals surface area (Å²) in [6, 6.07) is 15.0. The molecule has 0 saturated carbocycles. The quantitative estimate of drug-likeness (QED) is 0.689. The van der Waals surface area contributed by atoms with E-state index in [-0.39, 0.29) is 0 Å². The highest BCUT2D eigenvalue weighted by molar-refractivity contribution is 5.78. The van der Waals surface area contributed by atoms with Crippen LogP contribution in [0.25, 0.3) is 11.1 Å². The van der Waals surface area contributed by atoms with Crippen molar-refractivity contribution in [2.75, 3.05) is 19.7 Å². The highest BCUT2D eigenvalue weighted by Crippen LogP contribution is 2.40. The van der Waals surface area contributed by atoms with E-state index in [1.807, 2.05) is 0 Å². The molecule has 1 N–H and O–H groups in total. The molecule has 0 radical (unpaired) electrons. The predicted molar refractivity (Wildman–Crippen MR) is 83.3 cm³/mol. The molecule has 2 aromatic carbocycles. The minimum atomic E-state index is 0.778. The summed E-state index contributed by atoms with van der Waals surface area (Å²) in [6.07, 6.45) is 2.04. The molecule has 3 rings (SSSR count). The summed E-state index contributed by atoms with van der Waals surface area (Å²) in [5, 5.41) is 3.32. The first-order chi connectivity index (χ1) is 9.90. The molecule has 0 spiro atoms. The third-order valence-electron chi connectivity index (χ3n) is 3.81. The first kappa shape index (κ1) is 13.2. The highest BCUT2D eigenvalue weighted by atomic mass is 16.5. The first-order valence-corrected chi connectivity index (χ1v) is 7.44. The van der Waals surface area contributed by atoms with Crippen LogP contribution < -0.4 is 10.1 Å². The zero-order valence-corrected chi connectivity index (χ0v) is 12.0. The van der Waals surface area contributed by atoms with Crippen molar-refractivity contribution < 1.29 is 4.74 Å². The summed E-state index contributed by atoms with van der Waals surface area (Å²) in [5.74, 6) is 1.05. The minimum absolute atomic E-state index is 0.778. The van der Waals surface area contributed by atoms with E-state index in [1.54, 1.807) is 0 Å². The van der Waals surface area contributed by atoms with Crippen molar-refractivity contribution in [2.24, 2.45) is 0 Å².